The molecule has 16 heavy (non-hydrogen) atoms. The van der Waals surface area contributed by atoms with Crippen molar-refractivity contribution in [2.24, 2.45) is 4.99 Å². The molecule has 1 aliphatic heterocycles. The Bertz CT molecular complexity index is 369. The minimum atomic E-state index is -4.25. The van der Waals surface area contributed by atoms with Gasteiger partial charge in [0.2, 0.25) is 0 Å². The van der Waals surface area contributed by atoms with E-state index in [0.717, 1.165) is 4.90 Å². The fourth-order valence-corrected chi connectivity index (χ4v) is 1.67. The van der Waals surface area contributed by atoms with Gasteiger partial charge in [0, 0.05) is 19.7 Å². The number of carbonyl (C=O) groups is 1. The average molecular weight is 234 g/mol. The molecular weight excluding hydrogens is 221 g/mol. The first-order chi connectivity index (χ1) is 7.22. The molecule has 0 spiro atoms. The minimum absolute atomic E-state index is 0.146. The molecule has 90 valence electrons. The Labute approximate surface area is 91.6 Å². The van der Waals surface area contributed by atoms with Crippen LogP contribution in [0.1, 0.15) is 13.8 Å². The number of rotatable bonds is 3. The molecule has 3 nitrogen and oxygen atoms in total. The molecule has 0 atom stereocenters. The summed E-state index contributed by atoms with van der Waals surface area (Å²) in [6, 6.07) is 0. The van der Waals surface area contributed by atoms with Crippen LogP contribution >= 0.6 is 0 Å². The van der Waals surface area contributed by atoms with Gasteiger partial charge in [0.1, 0.15) is 12.3 Å². The molecule has 0 bridgehead atoms. The normalized spacial score (nSPS) is 16.5. The van der Waals surface area contributed by atoms with Crippen LogP contribution in [0.15, 0.2) is 16.3 Å². The van der Waals surface area contributed by atoms with E-state index in [9.17, 15) is 18.0 Å². The zero-order chi connectivity index (χ0) is 12.5. The SMILES string of the molecule is CC(=O)C1=NCC(N(C)CC(F)(F)F)=C1C. The summed E-state index contributed by atoms with van der Waals surface area (Å²) in [7, 11) is 1.35. The number of ketones is 1. The summed E-state index contributed by atoms with van der Waals surface area (Å²) in [6.07, 6.45) is -4.25. The molecule has 0 aromatic rings. The van der Waals surface area contributed by atoms with E-state index in [0.29, 0.717) is 11.3 Å². The highest BCUT2D eigenvalue weighted by molar-refractivity contribution is 6.46. The number of nitrogens with zero attached hydrogens (tertiary/aromatic N) is 2. The van der Waals surface area contributed by atoms with Crippen LogP contribution in [0.4, 0.5) is 13.2 Å². The molecule has 1 heterocycles. The largest absolute Gasteiger partial charge is 0.405 e. The lowest BCUT2D eigenvalue weighted by molar-refractivity contribution is -0.139. The van der Waals surface area contributed by atoms with Crippen LogP contribution in [-0.4, -0.2) is 42.7 Å². The Morgan fingerprint density at radius 2 is 2.06 bits per heavy atom. The van der Waals surface area contributed by atoms with Crippen molar-refractivity contribution in [2.45, 2.75) is 20.0 Å². The van der Waals surface area contributed by atoms with Crippen LogP contribution in [0.25, 0.3) is 0 Å². The number of alkyl halides is 3. The van der Waals surface area contributed by atoms with Gasteiger partial charge in [-0.25, -0.2) is 0 Å². The van der Waals surface area contributed by atoms with E-state index in [1.807, 2.05) is 0 Å². The minimum Gasteiger partial charge on any atom is -0.367 e. The third kappa shape index (κ3) is 2.84. The smallest absolute Gasteiger partial charge is 0.367 e. The topological polar surface area (TPSA) is 32.7 Å². The number of hydrogen-bond acceptors (Lipinski definition) is 3. The number of aliphatic imine (C=N–C) groups is 1. The molecule has 1 aliphatic rings. The zero-order valence-electron chi connectivity index (χ0n) is 9.35. The van der Waals surface area contributed by atoms with Crippen LogP contribution in [-0.2, 0) is 4.79 Å². The molecule has 0 unspecified atom stereocenters. The van der Waals surface area contributed by atoms with Crippen molar-refractivity contribution in [3.05, 3.63) is 11.3 Å². The summed E-state index contributed by atoms with van der Waals surface area (Å²) in [4.78, 5) is 16.1. The van der Waals surface area contributed by atoms with Crippen molar-refractivity contribution in [3.8, 4) is 0 Å². The van der Waals surface area contributed by atoms with Gasteiger partial charge in [-0.3, -0.25) is 9.79 Å². The van der Waals surface area contributed by atoms with Crippen molar-refractivity contribution in [3.63, 3.8) is 0 Å². The first-order valence-corrected chi connectivity index (χ1v) is 4.76. The number of allylic oxidation sites excluding steroid dienone is 1. The van der Waals surface area contributed by atoms with Crippen LogP contribution in [0.3, 0.4) is 0 Å². The van der Waals surface area contributed by atoms with E-state index in [1.54, 1.807) is 6.92 Å². The molecule has 0 saturated carbocycles. The molecule has 0 aliphatic carbocycles. The van der Waals surface area contributed by atoms with Gasteiger partial charge in [-0.1, -0.05) is 0 Å². The molecule has 0 aromatic carbocycles. The van der Waals surface area contributed by atoms with Crippen LogP contribution < -0.4 is 0 Å². The summed E-state index contributed by atoms with van der Waals surface area (Å²) >= 11 is 0. The van der Waals surface area contributed by atoms with Gasteiger partial charge in [0.25, 0.3) is 0 Å². The Balaban J connectivity index is 2.81. The lowest BCUT2D eigenvalue weighted by Gasteiger charge is -2.22. The Morgan fingerprint density at radius 1 is 1.50 bits per heavy atom. The highest BCUT2D eigenvalue weighted by atomic mass is 19.4. The second-order valence-electron chi connectivity index (χ2n) is 3.76. The van der Waals surface area contributed by atoms with E-state index < -0.39 is 12.7 Å². The summed E-state index contributed by atoms with van der Waals surface area (Å²) in [5, 5.41) is 0. The standard InChI is InChI=1S/C10H13F3N2O/c1-6-8(4-14-9(6)7(2)16)15(3)5-10(11,12)13/h4-5H2,1-3H3. The van der Waals surface area contributed by atoms with E-state index in [1.165, 1.54) is 14.0 Å². The van der Waals surface area contributed by atoms with E-state index >= 15 is 0 Å². The van der Waals surface area contributed by atoms with Crippen molar-refractivity contribution >= 4 is 11.5 Å². The number of halogens is 3. The number of hydrogen-bond donors (Lipinski definition) is 0. The third-order valence-electron chi connectivity index (χ3n) is 2.39. The molecule has 1 rings (SSSR count). The molecule has 0 N–H and O–H groups in total. The molecule has 0 amide bonds. The van der Waals surface area contributed by atoms with Crippen LogP contribution in [0.2, 0.25) is 0 Å². The summed E-state index contributed by atoms with van der Waals surface area (Å²) in [5.41, 5.74) is 1.28. The van der Waals surface area contributed by atoms with Gasteiger partial charge in [-0.15, -0.1) is 0 Å². The first kappa shape index (κ1) is 12.7. The van der Waals surface area contributed by atoms with E-state index in [-0.39, 0.29) is 18.0 Å². The third-order valence-corrected chi connectivity index (χ3v) is 2.39. The van der Waals surface area contributed by atoms with Crippen molar-refractivity contribution in [1.29, 1.82) is 0 Å². The van der Waals surface area contributed by atoms with Crippen molar-refractivity contribution in [1.82, 2.24) is 4.90 Å². The van der Waals surface area contributed by atoms with Crippen LogP contribution in [0, 0.1) is 0 Å². The van der Waals surface area contributed by atoms with Crippen molar-refractivity contribution in [2.75, 3.05) is 20.1 Å². The molecule has 0 saturated heterocycles. The highest BCUT2D eigenvalue weighted by Gasteiger charge is 2.32. The van der Waals surface area contributed by atoms with Crippen molar-refractivity contribution < 1.29 is 18.0 Å². The van der Waals surface area contributed by atoms with Gasteiger partial charge in [0.05, 0.1) is 6.54 Å². The molecule has 0 aromatic heterocycles. The maximum absolute atomic E-state index is 12.2. The predicted octanol–water partition coefficient (Wildman–Crippen LogP) is 1.80. The summed E-state index contributed by atoms with van der Waals surface area (Å²) < 4.78 is 36.5. The fourth-order valence-electron chi connectivity index (χ4n) is 1.67. The lowest BCUT2D eigenvalue weighted by Crippen LogP contribution is -2.31. The van der Waals surface area contributed by atoms with E-state index in [2.05, 4.69) is 4.99 Å². The highest BCUT2D eigenvalue weighted by Crippen LogP contribution is 2.23. The Kier molecular flexibility index (Phi) is 3.40. The number of likely N-dealkylation sites (N-methyl/N-ethyl adjacent to an activating group) is 1. The predicted molar refractivity (Wildman–Crippen MR) is 54.4 cm³/mol. The molecule has 0 radical (unpaired) electrons. The number of Topliss-reactive ketones (excluding diaryl/α,β-unsaturated/α-hetero) is 1. The quantitative estimate of drug-likeness (QED) is 0.745. The second-order valence-corrected chi connectivity index (χ2v) is 3.76. The van der Waals surface area contributed by atoms with Crippen LogP contribution in [0.5, 0.6) is 0 Å². The molecule has 0 fully saturated rings. The van der Waals surface area contributed by atoms with Gasteiger partial charge in [-0.05, 0) is 12.5 Å². The number of carbonyl (C=O) groups excluding carboxylic acids is 1. The van der Waals surface area contributed by atoms with Gasteiger partial charge in [-0.2, -0.15) is 13.2 Å². The van der Waals surface area contributed by atoms with Gasteiger partial charge in [0.15, 0.2) is 5.78 Å². The first-order valence-electron chi connectivity index (χ1n) is 4.76. The van der Waals surface area contributed by atoms with Gasteiger partial charge < -0.3 is 4.90 Å². The zero-order valence-corrected chi connectivity index (χ0v) is 9.35. The summed E-state index contributed by atoms with van der Waals surface area (Å²) in [5.74, 6) is -0.215. The Hall–Kier alpha value is -1.33. The maximum atomic E-state index is 12.2. The lowest BCUT2D eigenvalue weighted by atomic mass is 10.1. The fraction of sp³-hybridized carbons (Fsp3) is 0.600. The summed E-state index contributed by atoms with van der Waals surface area (Å²) in [6.45, 7) is 2.10. The Morgan fingerprint density at radius 3 is 2.44 bits per heavy atom. The monoisotopic (exact) mass is 234 g/mol. The average Bonchev–Trinajstić information content (AvgIpc) is 2.43. The second kappa shape index (κ2) is 4.27. The molecule has 6 heteroatoms. The maximum Gasteiger partial charge on any atom is 0.405 e. The molecular formula is C10H13F3N2O. The van der Waals surface area contributed by atoms with E-state index in [4.69, 9.17) is 0 Å². The van der Waals surface area contributed by atoms with Gasteiger partial charge >= 0.3 is 6.18 Å².